The third-order valence-corrected chi connectivity index (χ3v) is 1.77. The first-order chi connectivity index (χ1) is 6.94. The molecule has 0 bridgehead atoms. The molecule has 0 aliphatic rings. The van der Waals surface area contributed by atoms with E-state index in [1.807, 2.05) is 0 Å². The first-order valence-corrected chi connectivity index (χ1v) is 5.04. The third kappa shape index (κ3) is 5.42. The first-order valence-electron chi connectivity index (χ1n) is 4.66. The van der Waals surface area contributed by atoms with Crippen LogP contribution in [0.5, 0.6) is 0 Å². The Labute approximate surface area is 94.2 Å². The van der Waals surface area contributed by atoms with Crippen LogP contribution in [0, 0.1) is 0 Å². The molecule has 0 N–H and O–H groups in total. The van der Waals surface area contributed by atoms with Gasteiger partial charge < -0.3 is 9.47 Å². The largest absolute Gasteiger partial charge is 0.464 e. The van der Waals surface area contributed by atoms with Crippen LogP contribution in [0.15, 0.2) is 12.2 Å². The summed E-state index contributed by atoms with van der Waals surface area (Å²) in [7, 11) is 0. The van der Waals surface area contributed by atoms with E-state index in [0.717, 1.165) is 6.08 Å². The summed E-state index contributed by atoms with van der Waals surface area (Å²) in [5, 5.41) is 0. The van der Waals surface area contributed by atoms with Gasteiger partial charge in [0, 0.05) is 6.08 Å². The topological polar surface area (TPSA) is 52.6 Å². The fourth-order valence-electron chi connectivity index (χ4n) is 0.755. The first kappa shape index (κ1) is 14.0. The van der Waals surface area contributed by atoms with Crippen molar-refractivity contribution < 1.29 is 19.1 Å². The maximum atomic E-state index is 11.3. The molecule has 0 aromatic heterocycles. The molecule has 0 radical (unpaired) electrons. The maximum Gasteiger partial charge on any atom is 0.330 e. The highest BCUT2D eigenvalue weighted by Crippen LogP contribution is 2.18. The summed E-state index contributed by atoms with van der Waals surface area (Å²) in [4.78, 5) is 20.9. The van der Waals surface area contributed by atoms with E-state index in [1.165, 1.54) is 13.0 Å². The van der Waals surface area contributed by atoms with Crippen molar-refractivity contribution in [3.8, 4) is 0 Å². The molecule has 0 amide bonds. The van der Waals surface area contributed by atoms with Crippen LogP contribution >= 0.6 is 11.6 Å². The minimum atomic E-state index is -1.33. The molecule has 0 fully saturated rings. The lowest BCUT2D eigenvalue weighted by Gasteiger charge is -2.14. The SMILES string of the molecule is CCOC(=O)/C=C/C(C)(Cl)C(=O)OCC. The van der Waals surface area contributed by atoms with Crippen LogP contribution in [-0.4, -0.2) is 30.0 Å². The molecule has 0 saturated carbocycles. The summed E-state index contributed by atoms with van der Waals surface area (Å²) in [5.74, 6) is -1.12. The Balaban J connectivity index is 4.35. The molecule has 0 aromatic carbocycles. The van der Waals surface area contributed by atoms with Gasteiger partial charge in [0.2, 0.25) is 0 Å². The minimum absolute atomic E-state index is 0.244. The van der Waals surface area contributed by atoms with Gasteiger partial charge in [-0.05, 0) is 26.8 Å². The van der Waals surface area contributed by atoms with Crippen LogP contribution in [0.4, 0.5) is 0 Å². The number of esters is 2. The molecule has 1 atom stereocenters. The van der Waals surface area contributed by atoms with Crippen LogP contribution in [-0.2, 0) is 19.1 Å². The van der Waals surface area contributed by atoms with Crippen molar-refractivity contribution in [3.05, 3.63) is 12.2 Å². The van der Waals surface area contributed by atoms with Crippen LogP contribution in [0.25, 0.3) is 0 Å². The molecule has 0 aromatic rings. The molecular weight excluding hydrogens is 220 g/mol. The second kappa shape index (κ2) is 6.45. The molecule has 0 aliphatic heterocycles. The lowest BCUT2D eigenvalue weighted by molar-refractivity contribution is -0.144. The number of rotatable bonds is 5. The van der Waals surface area contributed by atoms with Gasteiger partial charge in [-0.2, -0.15) is 0 Å². The Hall–Kier alpha value is -1.03. The fraction of sp³-hybridized carbons (Fsp3) is 0.600. The number of hydrogen-bond acceptors (Lipinski definition) is 4. The van der Waals surface area contributed by atoms with Gasteiger partial charge in [-0.3, -0.25) is 0 Å². The molecule has 5 heteroatoms. The van der Waals surface area contributed by atoms with E-state index in [2.05, 4.69) is 4.74 Å². The molecule has 0 aliphatic carbocycles. The second-order valence-electron chi connectivity index (χ2n) is 2.88. The van der Waals surface area contributed by atoms with Crippen molar-refractivity contribution in [1.29, 1.82) is 0 Å². The van der Waals surface area contributed by atoms with Crippen molar-refractivity contribution in [2.24, 2.45) is 0 Å². The van der Waals surface area contributed by atoms with Gasteiger partial charge in [-0.1, -0.05) is 0 Å². The Morgan fingerprint density at radius 1 is 1.27 bits per heavy atom. The lowest BCUT2D eigenvalue weighted by Crippen LogP contribution is -2.29. The van der Waals surface area contributed by atoms with Crippen molar-refractivity contribution in [3.63, 3.8) is 0 Å². The molecule has 0 spiro atoms. The van der Waals surface area contributed by atoms with Gasteiger partial charge in [0.1, 0.15) is 0 Å². The van der Waals surface area contributed by atoms with E-state index in [9.17, 15) is 9.59 Å². The van der Waals surface area contributed by atoms with E-state index in [0.29, 0.717) is 0 Å². The summed E-state index contributed by atoms with van der Waals surface area (Å²) in [6.07, 6.45) is 2.37. The Kier molecular flexibility index (Phi) is 6.01. The van der Waals surface area contributed by atoms with Crippen molar-refractivity contribution in [1.82, 2.24) is 0 Å². The normalized spacial score (nSPS) is 14.7. The lowest BCUT2D eigenvalue weighted by atomic mass is 10.1. The zero-order chi connectivity index (χ0) is 11.9. The molecule has 86 valence electrons. The number of hydrogen-bond donors (Lipinski definition) is 0. The summed E-state index contributed by atoms with van der Waals surface area (Å²) in [6.45, 7) is 5.34. The van der Waals surface area contributed by atoms with Gasteiger partial charge in [0.05, 0.1) is 13.2 Å². The van der Waals surface area contributed by atoms with Crippen molar-refractivity contribution in [2.75, 3.05) is 13.2 Å². The predicted molar refractivity (Wildman–Crippen MR) is 56.7 cm³/mol. The Morgan fingerprint density at radius 2 is 1.80 bits per heavy atom. The zero-order valence-electron chi connectivity index (χ0n) is 9.08. The molecule has 0 heterocycles. The van der Waals surface area contributed by atoms with E-state index in [4.69, 9.17) is 16.3 Å². The zero-order valence-corrected chi connectivity index (χ0v) is 9.84. The van der Waals surface area contributed by atoms with E-state index in [-0.39, 0.29) is 13.2 Å². The number of halogens is 1. The average molecular weight is 235 g/mol. The van der Waals surface area contributed by atoms with E-state index in [1.54, 1.807) is 13.8 Å². The number of alkyl halides is 1. The van der Waals surface area contributed by atoms with Gasteiger partial charge in [-0.15, -0.1) is 11.6 Å². The van der Waals surface area contributed by atoms with Gasteiger partial charge in [-0.25, -0.2) is 9.59 Å². The number of carbonyl (C=O) groups is 2. The average Bonchev–Trinajstić information content (AvgIpc) is 2.16. The highest BCUT2D eigenvalue weighted by molar-refractivity contribution is 6.35. The fourth-order valence-corrected chi connectivity index (χ4v) is 0.873. The summed E-state index contributed by atoms with van der Waals surface area (Å²) in [5.41, 5.74) is 0. The monoisotopic (exact) mass is 234 g/mol. The van der Waals surface area contributed by atoms with Crippen molar-refractivity contribution >= 4 is 23.5 Å². The second-order valence-corrected chi connectivity index (χ2v) is 3.67. The standard InChI is InChI=1S/C10H15ClO4/c1-4-14-8(12)6-7-10(3,11)9(13)15-5-2/h6-7H,4-5H2,1-3H3/b7-6+. The number of ether oxygens (including phenoxy) is 2. The quantitative estimate of drug-likeness (QED) is 0.413. The van der Waals surface area contributed by atoms with Gasteiger partial charge in [0.25, 0.3) is 0 Å². The van der Waals surface area contributed by atoms with E-state index >= 15 is 0 Å². The van der Waals surface area contributed by atoms with Crippen LogP contribution in [0.3, 0.4) is 0 Å². The highest BCUT2D eigenvalue weighted by Gasteiger charge is 2.29. The molecule has 1 unspecified atom stereocenters. The molecule has 0 rings (SSSR count). The summed E-state index contributed by atoms with van der Waals surface area (Å²) in [6, 6.07) is 0. The minimum Gasteiger partial charge on any atom is -0.464 e. The summed E-state index contributed by atoms with van der Waals surface area (Å²) < 4.78 is 9.37. The van der Waals surface area contributed by atoms with Crippen molar-refractivity contribution in [2.45, 2.75) is 25.6 Å². The van der Waals surface area contributed by atoms with E-state index < -0.39 is 16.8 Å². The highest BCUT2D eigenvalue weighted by atomic mass is 35.5. The van der Waals surface area contributed by atoms with Crippen LogP contribution in [0.2, 0.25) is 0 Å². The van der Waals surface area contributed by atoms with Gasteiger partial charge >= 0.3 is 11.9 Å². The molecule has 0 saturated heterocycles. The maximum absolute atomic E-state index is 11.3. The molecular formula is C10H15ClO4. The third-order valence-electron chi connectivity index (χ3n) is 1.49. The van der Waals surface area contributed by atoms with Gasteiger partial charge in [0.15, 0.2) is 4.87 Å². The van der Waals surface area contributed by atoms with Crippen LogP contribution < -0.4 is 0 Å². The molecule has 4 nitrogen and oxygen atoms in total. The molecule has 15 heavy (non-hydrogen) atoms. The Bertz CT molecular complexity index is 258. The predicted octanol–water partition coefficient (Wildman–Crippen LogP) is 1.67. The number of carbonyl (C=O) groups excluding carboxylic acids is 2. The Morgan fingerprint density at radius 3 is 2.27 bits per heavy atom. The van der Waals surface area contributed by atoms with Crippen LogP contribution in [0.1, 0.15) is 20.8 Å². The smallest absolute Gasteiger partial charge is 0.330 e. The summed E-state index contributed by atoms with van der Waals surface area (Å²) >= 11 is 5.84.